The molecule has 1 unspecified atom stereocenters. The van der Waals surface area contributed by atoms with Crippen LogP contribution in [0.3, 0.4) is 0 Å². The predicted octanol–water partition coefficient (Wildman–Crippen LogP) is 10.2. The van der Waals surface area contributed by atoms with Crippen LogP contribution in [0.25, 0.3) is 0 Å². The Labute approximate surface area is 274 Å². The fourth-order valence-corrected chi connectivity index (χ4v) is 9.16. The summed E-state index contributed by atoms with van der Waals surface area (Å²) in [6, 6.07) is 5.38. The average molecular weight is 684 g/mol. The second-order valence-corrected chi connectivity index (χ2v) is 15.3. The summed E-state index contributed by atoms with van der Waals surface area (Å²) < 4.78 is 106. The monoisotopic (exact) mass is 683 g/mol. The van der Waals surface area contributed by atoms with Crippen LogP contribution in [-0.4, -0.2) is 65.0 Å². The quantitative estimate of drug-likeness (QED) is 0.135. The van der Waals surface area contributed by atoms with E-state index in [1.54, 1.807) is 12.1 Å². The number of rotatable bonds is 16. The summed E-state index contributed by atoms with van der Waals surface area (Å²) in [7, 11) is 2.04. The molecule has 0 spiro atoms. The Kier molecular flexibility index (Phi) is 11.9. The van der Waals surface area contributed by atoms with Gasteiger partial charge in [0.05, 0.1) is 5.60 Å². The van der Waals surface area contributed by atoms with Crippen molar-refractivity contribution in [2.24, 2.45) is 23.2 Å². The van der Waals surface area contributed by atoms with Gasteiger partial charge in [0.15, 0.2) is 0 Å². The van der Waals surface area contributed by atoms with Crippen LogP contribution in [0.2, 0.25) is 0 Å². The molecule has 2 saturated carbocycles. The molecule has 3 aliphatic rings. The normalized spacial score (nSPS) is 31.1. The highest BCUT2D eigenvalue weighted by atomic mass is 19.4. The first-order valence-electron chi connectivity index (χ1n) is 17.5. The first-order chi connectivity index (χ1) is 21.8. The highest BCUT2D eigenvalue weighted by Gasteiger charge is 2.72. The molecule has 1 aromatic carbocycles. The minimum absolute atomic E-state index is 0.162. The fraction of sp³-hybridized carbons (Fsp3) is 0.833. The summed E-state index contributed by atoms with van der Waals surface area (Å²) in [5.41, 5.74) is 0.744. The number of unbranched alkanes of at least 4 members (excludes halogenated alkanes) is 7. The molecular weight excluding hydrogens is 630 g/mol. The van der Waals surface area contributed by atoms with E-state index >= 15 is 4.39 Å². The molecule has 0 bridgehead atoms. The number of phenols is 1. The molecule has 2 N–H and O–H groups in total. The molecule has 3 nitrogen and oxygen atoms in total. The van der Waals surface area contributed by atoms with Crippen molar-refractivity contribution in [1.29, 1.82) is 0 Å². The van der Waals surface area contributed by atoms with Crippen LogP contribution in [-0.2, 0) is 6.42 Å². The number of alkyl halides is 8. The van der Waals surface area contributed by atoms with Gasteiger partial charge in [-0.3, -0.25) is 0 Å². The summed E-state index contributed by atoms with van der Waals surface area (Å²) in [6.07, 6.45) is 0.713. The zero-order valence-corrected chi connectivity index (χ0v) is 28.0. The SMILES string of the molecule is CN(CCCCCCCCC(F)(F)C(F)(F)C(F)(F)F)CCCCC[C@@H]1Cc2cc(O)ccc2[C@H]2C(F)C[C@@]3(C)[C@@H](CC[C@]3(C)O)[C@H]12. The second kappa shape index (κ2) is 14.7. The zero-order chi connectivity index (χ0) is 34.8. The van der Waals surface area contributed by atoms with Crippen molar-refractivity contribution in [3.8, 4) is 5.75 Å². The number of aliphatic hydroxyl groups is 1. The number of hydrogen-bond donors (Lipinski definition) is 2. The number of hydrogen-bond acceptors (Lipinski definition) is 3. The van der Waals surface area contributed by atoms with Gasteiger partial charge in [-0.1, -0.05) is 51.5 Å². The molecule has 1 aromatic rings. The Morgan fingerprint density at radius 3 is 2.11 bits per heavy atom. The lowest BCUT2D eigenvalue weighted by Gasteiger charge is -2.56. The van der Waals surface area contributed by atoms with Gasteiger partial charge in [-0.05, 0) is 119 Å². The van der Waals surface area contributed by atoms with Gasteiger partial charge in [0.1, 0.15) is 11.9 Å². The second-order valence-electron chi connectivity index (χ2n) is 15.3. The molecule has 0 aromatic heterocycles. The summed E-state index contributed by atoms with van der Waals surface area (Å²) in [6.45, 7) is 5.72. The van der Waals surface area contributed by atoms with Crippen LogP contribution in [0.4, 0.5) is 35.1 Å². The molecule has 0 aliphatic heterocycles. The number of halogens is 8. The van der Waals surface area contributed by atoms with Crippen LogP contribution in [0.15, 0.2) is 18.2 Å². The van der Waals surface area contributed by atoms with Crippen LogP contribution in [0, 0.1) is 23.2 Å². The highest BCUT2D eigenvalue weighted by molar-refractivity contribution is 5.41. The average Bonchev–Trinajstić information content (AvgIpc) is 3.20. The fourth-order valence-electron chi connectivity index (χ4n) is 9.16. The maximum Gasteiger partial charge on any atom is 0.459 e. The Hall–Kier alpha value is -1.62. The first-order valence-corrected chi connectivity index (χ1v) is 17.5. The Bertz CT molecular complexity index is 1170. The summed E-state index contributed by atoms with van der Waals surface area (Å²) in [5, 5.41) is 21.5. The number of phenolic OH excluding ortho intramolecular Hbond substituents is 1. The topological polar surface area (TPSA) is 43.7 Å². The van der Waals surface area contributed by atoms with Crippen molar-refractivity contribution in [3.63, 3.8) is 0 Å². The molecule has 0 amide bonds. The third-order valence-corrected chi connectivity index (χ3v) is 12.1. The largest absolute Gasteiger partial charge is 0.508 e. The number of nitrogens with zero attached hydrogens (tertiary/aromatic N) is 1. The minimum Gasteiger partial charge on any atom is -0.508 e. The van der Waals surface area contributed by atoms with E-state index in [-0.39, 0.29) is 42.3 Å². The van der Waals surface area contributed by atoms with E-state index in [2.05, 4.69) is 11.8 Å². The lowest BCUT2D eigenvalue weighted by Crippen LogP contribution is -2.54. The van der Waals surface area contributed by atoms with E-state index in [9.17, 15) is 40.9 Å². The van der Waals surface area contributed by atoms with Crippen LogP contribution >= 0.6 is 0 Å². The van der Waals surface area contributed by atoms with E-state index in [0.717, 1.165) is 75.6 Å². The van der Waals surface area contributed by atoms with Gasteiger partial charge in [0.2, 0.25) is 0 Å². The van der Waals surface area contributed by atoms with E-state index in [0.29, 0.717) is 25.7 Å². The molecule has 0 heterocycles. The molecule has 0 radical (unpaired) electrons. The molecule has 47 heavy (non-hydrogen) atoms. The molecule has 3 aliphatic carbocycles. The van der Waals surface area contributed by atoms with Gasteiger partial charge in [-0.2, -0.15) is 30.7 Å². The molecule has 7 atom stereocenters. The van der Waals surface area contributed by atoms with Crippen LogP contribution < -0.4 is 0 Å². The van der Waals surface area contributed by atoms with E-state index in [1.807, 2.05) is 20.0 Å². The number of fused-ring (bicyclic) bond motifs is 5. The van der Waals surface area contributed by atoms with Crippen molar-refractivity contribution < 1.29 is 45.3 Å². The van der Waals surface area contributed by atoms with E-state index < -0.39 is 41.6 Å². The van der Waals surface area contributed by atoms with Gasteiger partial charge in [0, 0.05) is 17.8 Å². The van der Waals surface area contributed by atoms with Crippen molar-refractivity contribution >= 4 is 0 Å². The predicted molar refractivity (Wildman–Crippen MR) is 167 cm³/mol. The van der Waals surface area contributed by atoms with Crippen LogP contribution in [0.5, 0.6) is 5.75 Å². The molecule has 2 fully saturated rings. The summed E-state index contributed by atoms with van der Waals surface area (Å²) >= 11 is 0. The Balaban J connectivity index is 1.16. The van der Waals surface area contributed by atoms with Crippen molar-refractivity contribution in [3.05, 3.63) is 29.3 Å². The zero-order valence-electron chi connectivity index (χ0n) is 28.0. The lowest BCUT2D eigenvalue weighted by atomic mass is 9.50. The van der Waals surface area contributed by atoms with Crippen LogP contribution in [0.1, 0.15) is 121 Å². The summed E-state index contributed by atoms with van der Waals surface area (Å²) in [5.74, 6) is -10.4. The first kappa shape index (κ1) is 38.2. The van der Waals surface area contributed by atoms with Gasteiger partial charge in [-0.25, -0.2) is 4.39 Å². The van der Waals surface area contributed by atoms with Crippen molar-refractivity contribution in [2.45, 2.75) is 146 Å². The number of aromatic hydroxyl groups is 1. The minimum atomic E-state index is -6.27. The molecular formula is C36H53F8NO2. The maximum atomic E-state index is 16.1. The molecule has 4 rings (SSSR count). The van der Waals surface area contributed by atoms with Gasteiger partial charge >= 0.3 is 18.0 Å². The highest BCUT2D eigenvalue weighted by Crippen LogP contribution is 2.66. The standard InChI is InChI=1S/C36H53F8NO2/c1-32-23-29(37)31-27-15-14-26(46)22-25(27)21-24(30(31)28(32)16-18-33(32,2)47)13-9-8-12-20-45(3)19-11-7-5-4-6-10-17-34(38,39)35(40,41)36(42,43)44/h14-15,22,24,28-31,46-47H,4-13,16-21,23H2,1-3H3/t24-,28+,29?,30+,31+,32+,33+/m1/s1. The third-order valence-electron chi connectivity index (χ3n) is 12.1. The molecule has 270 valence electrons. The van der Waals surface area contributed by atoms with Gasteiger partial charge in [-0.15, -0.1) is 0 Å². The Morgan fingerprint density at radius 2 is 1.47 bits per heavy atom. The third kappa shape index (κ3) is 8.07. The molecule has 0 saturated heterocycles. The lowest BCUT2D eigenvalue weighted by molar-refractivity contribution is -0.355. The smallest absolute Gasteiger partial charge is 0.459 e. The van der Waals surface area contributed by atoms with Crippen molar-refractivity contribution in [1.82, 2.24) is 4.90 Å². The summed E-state index contributed by atoms with van der Waals surface area (Å²) in [4.78, 5) is 2.23. The van der Waals surface area contributed by atoms with Crippen molar-refractivity contribution in [2.75, 3.05) is 20.1 Å². The van der Waals surface area contributed by atoms with Gasteiger partial charge in [0.25, 0.3) is 0 Å². The Morgan fingerprint density at radius 1 is 0.872 bits per heavy atom. The van der Waals surface area contributed by atoms with Gasteiger partial charge < -0.3 is 15.1 Å². The maximum absolute atomic E-state index is 16.1. The molecule has 11 heteroatoms. The number of benzene rings is 1. The van der Waals surface area contributed by atoms with E-state index in [1.165, 1.54) is 0 Å². The van der Waals surface area contributed by atoms with E-state index in [4.69, 9.17) is 0 Å².